The van der Waals surface area contributed by atoms with Crippen LogP contribution in [0.1, 0.15) is 5.56 Å². The topological polar surface area (TPSA) is 94.3 Å². The Bertz CT molecular complexity index is 1040. The molecule has 0 unspecified atom stereocenters. The van der Waals surface area contributed by atoms with Crippen LogP contribution in [0, 0.1) is 11.5 Å². The molecule has 0 bridgehead atoms. The minimum atomic E-state index is -2.99. The van der Waals surface area contributed by atoms with Gasteiger partial charge in [0.1, 0.15) is 29.7 Å². The highest BCUT2D eigenvalue weighted by atomic mass is 35.5. The van der Waals surface area contributed by atoms with Crippen LogP contribution >= 0.6 is 23.2 Å². The average molecular weight is 455 g/mol. The zero-order valence-corrected chi connectivity index (χ0v) is 16.9. The van der Waals surface area contributed by atoms with Crippen molar-refractivity contribution in [1.82, 2.24) is 15.8 Å². The fourth-order valence-corrected chi connectivity index (χ4v) is 2.81. The minimum Gasteiger partial charge on any atom is -0.494 e. The fourth-order valence-electron chi connectivity index (χ4n) is 2.51. The van der Waals surface area contributed by atoms with Crippen LogP contribution in [0.25, 0.3) is 0 Å². The van der Waals surface area contributed by atoms with Crippen LogP contribution in [0.3, 0.4) is 0 Å². The van der Waals surface area contributed by atoms with Crippen LogP contribution in [0.2, 0.25) is 10.0 Å². The van der Waals surface area contributed by atoms with E-state index in [0.717, 1.165) is 0 Å². The first-order chi connectivity index (χ1) is 14.4. The molecular formula is C18H14Cl2F2N6O2. The number of methoxy groups -OCH3 is 1. The Hall–Kier alpha value is -3.29. The summed E-state index contributed by atoms with van der Waals surface area (Å²) in [4.78, 5) is 8.65. The van der Waals surface area contributed by atoms with Gasteiger partial charge < -0.3 is 9.47 Å². The van der Waals surface area contributed by atoms with Crippen LogP contribution in [0.4, 0.5) is 14.5 Å². The Labute approximate surface area is 180 Å². The lowest BCUT2D eigenvalue weighted by molar-refractivity contribution is -0.0498. The highest BCUT2D eigenvalue weighted by Crippen LogP contribution is 2.32. The predicted molar refractivity (Wildman–Crippen MR) is 108 cm³/mol. The second-order valence-electron chi connectivity index (χ2n) is 5.70. The monoisotopic (exact) mass is 454 g/mol. The first-order valence-electron chi connectivity index (χ1n) is 8.32. The van der Waals surface area contributed by atoms with E-state index in [1.807, 2.05) is 0 Å². The minimum absolute atomic E-state index is 0.0591. The summed E-state index contributed by atoms with van der Waals surface area (Å²) in [6, 6.07) is 9.01. The zero-order valence-electron chi connectivity index (χ0n) is 15.4. The number of ether oxygens (including phenoxy) is 2. The number of nitrogens with zero attached hydrogens (tertiary/aromatic N) is 4. The third kappa shape index (κ3) is 5.00. The summed E-state index contributed by atoms with van der Waals surface area (Å²) in [7, 11) is 1.40. The van der Waals surface area contributed by atoms with Crippen molar-refractivity contribution in [2.24, 2.45) is 9.98 Å². The molecule has 8 nitrogen and oxygen atoms in total. The molecule has 0 spiro atoms. The molecule has 2 aromatic rings. The summed E-state index contributed by atoms with van der Waals surface area (Å²) in [5, 5.41) is 13.7. The molecule has 0 radical (unpaired) electrons. The number of hydrogen-bond donors (Lipinski definition) is 2. The Morgan fingerprint density at radius 2 is 2.10 bits per heavy atom. The molecule has 0 aliphatic carbocycles. The smallest absolute Gasteiger partial charge is 0.387 e. The van der Waals surface area contributed by atoms with Gasteiger partial charge in [0, 0.05) is 11.6 Å². The number of benzene rings is 2. The first-order valence-corrected chi connectivity index (χ1v) is 9.07. The van der Waals surface area contributed by atoms with Gasteiger partial charge in [0.05, 0.1) is 17.2 Å². The van der Waals surface area contributed by atoms with Gasteiger partial charge in [0.2, 0.25) is 5.96 Å². The Morgan fingerprint density at radius 1 is 1.30 bits per heavy atom. The van der Waals surface area contributed by atoms with Gasteiger partial charge >= 0.3 is 6.61 Å². The quantitative estimate of drug-likeness (QED) is 0.308. The standard InChI is InChI=1S/C18H14Cl2F2N6O2/c1-29-15-5-3-11(30-17(21)22)7-14(15)26-18(24-8-23)28-9-25-16(27-28)10-2-4-12(19)13(20)6-10/h2-7,17H,9H2,1H3,(H,24,26)(H,25,27). The molecule has 0 atom stereocenters. The van der Waals surface area contributed by atoms with Gasteiger partial charge in [-0.3, -0.25) is 10.7 Å². The third-order valence-electron chi connectivity index (χ3n) is 3.83. The number of alkyl halides is 2. The van der Waals surface area contributed by atoms with E-state index in [2.05, 4.69) is 25.5 Å². The van der Waals surface area contributed by atoms with Gasteiger partial charge in [-0.05, 0) is 30.3 Å². The summed E-state index contributed by atoms with van der Waals surface area (Å²) in [5.74, 6) is 0.716. The molecule has 156 valence electrons. The Balaban J connectivity index is 1.87. The summed E-state index contributed by atoms with van der Waals surface area (Å²) >= 11 is 12.0. The van der Waals surface area contributed by atoms with E-state index < -0.39 is 6.61 Å². The summed E-state index contributed by atoms with van der Waals surface area (Å²) < 4.78 is 34.7. The van der Waals surface area contributed by atoms with E-state index in [9.17, 15) is 8.78 Å². The molecule has 0 amide bonds. The highest BCUT2D eigenvalue weighted by Gasteiger charge is 2.21. The first kappa shape index (κ1) is 21.4. The lowest BCUT2D eigenvalue weighted by Gasteiger charge is -2.19. The zero-order chi connectivity index (χ0) is 21.7. The lowest BCUT2D eigenvalue weighted by Crippen LogP contribution is -2.46. The maximum Gasteiger partial charge on any atom is 0.387 e. The average Bonchev–Trinajstić information content (AvgIpc) is 3.20. The molecule has 0 fully saturated rings. The van der Waals surface area contributed by atoms with Gasteiger partial charge in [-0.25, -0.2) is 15.0 Å². The van der Waals surface area contributed by atoms with E-state index in [1.54, 1.807) is 24.4 Å². The maximum atomic E-state index is 12.5. The molecule has 30 heavy (non-hydrogen) atoms. The van der Waals surface area contributed by atoms with Gasteiger partial charge in [-0.15, -0.1) is 0 Å². The van der Waals surface area contributed by atoms with E-state index in [4.69, 9.17) is 33.2 Å². The molecule has 1 aliphatic rings. The van der Waals surface area contributed by atoms with E-state index in [0.29, 0.717) is 27.2 Å². The van der Waals surface area contributed by atoms with Gasteiger partial charge in [0.15, 0.2) is 6.19 Å². The molecule has 1 aliphatic heterocycles. The number of guanidine groups is 1. The summed E-state index contributed by atoms with van der Waals surface area (Å²) in [6.07, 6.45) is 1.78. The largest absolute Gasteiger partial charge is 0.494 e. The van der Waals surface area contributed by atoms with Crippen molar-refractivity contribution in [3.63, 3.8) is 0 Å². The summed E-state index contributed by atoms with van der Waals surface area (Å²) in [5.41, 5.74) is 3.83. The van der Waals surface area contributed by atoms with E-state index >= 15 is 0 Å². The van der Waals surface area contributed by atoms with Crippen molar-refractivity contribution < 1.29 is 18.3 Å². The van der Waals surface area contributed by atoms with Crippen molar-refractivity contribution in [3.05, 3.63) is 52.0 Å². The molecule has 12 heteroatoms. The lowest BCUT2D eigenvalue weighted by atomic mass is 10.2. The number of aliphatic imine (C=N–C) groups is 2. The molecule has 0 saturated carbocycles. The van der Waals surface area contributed by atoms with Crippen molar-refractivity contribution in [3.8, 4) is 17.7 Å². The number of rotatable bonds is 5. The number of amidine groups is 1. The van der Waals surface area contributed by atoms with E-state index in [-0.39, 0.29) is 24.1 Å². The van der Waals surface area contributed by atoms with Gasteiger partial charge in [-0.2, -0.15) is 14.0 Å². The summed E-state index contributed by atoms with van der Waals surface area (Å²) in [6.45, 7) is -2.88. The Kier molecular flexibility index (Phi) is 6.76. The normalized spacial score (nSPS) is 13.6. The molecule has 0 aromatic heterocycles. The maximum absolute atomic E-state index is 12.5. The van der Waals surface area contributed by atoms with Gasteiger partial charge in [0.25, 0.3) is 0 Å². The Morgan fingerprint density at radius 3 is 2.77 bits per heavy atom. The fraction of sp³-hybridized carbons (Fsp3) is 0.167. The second-order valence-corrected chi connectivity index (χ2v) is 6.52. The van der Waals surface area contributed by atoms with Crippen LogP contribution in [-0.2, 0) is 0 Å². The molecule has 2 N–H and O–H groups in total. The van der Waals surface area contributed by atoms with Crippen molar-refractivity contribution >= 4 is 40.7 Å². The van der Waals surface area contributed by atoms with Crippen molar-refractivity contribution in [2.75, 3.05) is 13.8 Å². The molecule has 0 saturated heterocycles. The van der Waals surface area contributed by atoms with Crippen LogP contribution in [0.5, 0.6) is 11.5 Å². The predicted octanol–water partition coefficient (Wildman–Crippen LogP) is 3.89. The van der Waals surface area contributed by atoms with Crippen molar-refractivity contribution in [1.29, 1.82) is 5.26 Å². The molecule has 1 heterocycles. The highest BCUT2D eigenvalue weighted by molar-refractivity contribution is 6.42. The number of halogens is 4. The molecular weight excluding hydrogens is 441 g/mol. The molecule has 3 rings (SSSR count). The SMILES string of the molecule is COc1ccc(OC(F)F)cc1N=C(NC#N)N1CN=C(c2ccc(Cl)c(Cl)c2)N1. The van der Waals surface area contributed by atoms with Crippen LogP contribution in [-0.4, -0.2) is 37.2 Å². The van der Waals surface area contributed by atoms with Gasteiger partial charge in [-0.1, -0.05) is 23.2 Å². The van der Waals surface area contributed by atoms with Crippen LogP contribution in [0.15, 0.2) is 46.4 Å². The number of hydrogen-bond acceptors (Lipinski definition) is 6. The third-order valence-corrected chi connectivity index (χ3v) is 4.57. The van der Waals surface area contributed by atoms with Crippen LogP contribution < -0.4 is 20.2 Å². The van der Waals surface area contributed by atoms with Crippen molar-refractivity contribution in [2.45, 2.75) is 6.61 Å². The number of nitrogens with one attached hydrogen (secondary N) is 2. The second kappa shape index (κ2) is 9.47. The van der Waals surface area contributed by atoms with E-state index in [1.165, 1.54) is 30.3 Å². The number of hydrazine groups is 1. The number of nitriles is 1. The molecule has 2 aromatic carbocycles.